The monoisotopic (exact) mass is 543 g/mol. The first-order valence-corrected chi connectivity index (χ1v) is 13.6. The van der Waals surface area contributed by atoms with Gasteiger partial charge in [0.15, 0.2) is 5.76 Å². The second kappa shape index (κ2) is 10.9. The summed E-state index contributed by atoms with van der Waals surface area (Å²) in [5, 5.41) is 5.26. The van der Waals surface area contributed by atoms with E-state index in [0.29, 0.717) is 11.5 Å². The summed E-state index contributed by atoms with van der Waals surface area (Å²) in [6.07, 6.45) is 0. The van der Waals surface area contributed by atoms with Crippen LogP contribution in [0.1, 0.15) is 33.0 Å². The minimum Gasteiger partial charge on any atom is -0.458 e. The highest BCUT2D eigenvalue weighted by Crippen LogP contribution is 2.30. The fourth-order valence-electron chi connectivity index (χ4n) is 3.81. The summed E-state index contributed by atoms with van der Waals surface area (Å²) in [6, 6.07) is 20.2. The summed E-state index contributed by atoms with van der Waals surface area (Å²) in [4.78, 5) is 13.9. The first-order chi connectivity index (χ1) is 17.5. The van der Waals surface area contributed by atoms with Gasteiger partial charge in [-0.15, -0.1) is 11.8 Å². The van der Waals surface area contributed by atoms with Crippen LogP contribution >= 0.6 is 11.8 Å². The molecule has 0 unspecified atom stereocenters. The normalized spacial score (nSPS) is 11.6. The number of hydrogen-bond donors (Lipinski definition) is 1. The summed E-state index contributed by atoms with van der Waals surface area (Å²) >= 11 is 1.56. The predicted octanol–water partition coefficient (Wildman–Crippen LogP) is 6.34. The van der Waals surface area contributed by atoms with Gasteiger partial charge in [0.05, 0.1) is 4.90 Å². The van der Waals surface area contributed by atoms with Crippen molar-refractivity contribution in [3.05, 3.63) is 101 Å². The Balaban J connectivity index is 1.44. The van der Waals surface area contributed by atoms with E-state index in [1.165, 1.54) is 31.2 Å². The fourth-order valence-corrected chi connectivity index (χ4v) is 5.55. The van der Waals surface area contributed by atoms with Crippen molar-refractivity contribution in [3.63, 3.8) is 0 Å². The molecule has 1 heterocycles. The van der Waals surface area contributed by atoms with E-state index in [1.807, 2.05) is 24.3 Å². The maximum atomic E-state index is 13.1. The summed E-state index contributed by atoms with van der Waals surface area (Å²) in [6.45, 7) is 0.444. The molecule has 0 aliphatic heterocycles. The number of halogens is 2. The van der Waals surface area contributed by atoms with Crippen molar-refractivity contribution >= 4 is 27.6 Å². The van der Waals surface area contributed by atoms with Crippen LogP contribution in [0.4, 0.5) is 8.78 Å². The first-order valence-electron chi connectivity index (χ1n) is 11.1. The average molecular weight is 544 g/mol. The smallest absolute Gasteiger partial charge is 0.387 e. The van der Waals surface area contributed by atoms with Crippen molar-refractivity contribution < 1.29 is 31.1 Å². The van der Waals surface area contributed by atoms with Crippen molar-refractivity contribution in [2.24, 2.45) is 5.14 Å². The number of ketones is 1. The molecule has 10 heteroatoms. The lowest BCUT2D eigenvalue weighted by atomic mass is 10.0. The highest BCUT2D eigenvalue weighted by atomic mass is 32.2. The van der Waals surface area contributed by atoms with E-state index in [4.69, 9.17) is 9.56 Å². The molecule has 6 nitrogen and oxygen atoms in total. The molecule has 0 amide bonds. The van der Waals surface area contributed by atoms with Crippen molar-refractivity contribution in [1.82, 2.24) is 0 Å². The lowest BCUT2D eigenvalue weighted by Crippen LogP contribution is -2.15. The zero-order valence-corrected chi connectivity index (χ0v) is 21.5. The van der Waals surface area contributed by atoms with Crippen LogP contribution < -0.4 is 9.88 Å². The number of hydrogen-bond acceptors (Lipinski definition) is 6. The molecule has 0 saturated heterocycles. The summed E-state index contributed by atoms with van der Waals surface area (Å²) < 4.78 is 58.3. The Morgan fingerprint density at radius 3 is 2.22 bits per heavy atom. The number of sulfonamides is 1. The van der Waals surface area contributed by atoms with E-state index in [2.05, 4.69) is 4.74 Å². The maximum Gasteiger partial charge on any atom is 0.387 e. The molecule has 37 heavy (non-hydrogen) atoms. The lowest BCUT2D eigenvalue weighted by molar-refractivity contribution is -0.0498. The molecule has 0 bridgehead atoms. The van der Waals surface area contributed by atoms with Gasteiger partial charge in [0.25, 0.3) is 0 Å². The number of benzene rings is 3. The van der Waals surface area contributed by atoms with Crippen molar-refractivity contribution in [2.45, 2.75) is 36.0 Å². The third-order valence-corrected chi connectivity index (χ3v) is 7.86. The van der Waals surface area contributed by atoms with E-state index in [1.54, 1.807) is 43.0 Å². The Bertz CT molecular complexity index is 1530. The first kappa shape index (κ1) is 26.6. The number of thioether (sulfide) groups is 1. The van der Waals surface area contributed by atoms with Gasteiger partial charge in [0, 0.05) is 21.8 Å². The minimum atomic E-state index is -3.96. The number of carbonyl (C=O) groups excluding carboxylic acids is 1. The molecular formula is C27H23F2NO5S2. The summed E-state index contributed by atoms with van der Waals surface area (Å²) in [5.41, 5.74) is 3.12. The van der Waals surface area contributed by atoms with Crippen LogP contribution in [-0.4, -0.2) is 20.8 Å². The van der Waals surface area contributed by atoms with Crippen LogP contribution in [0, 0.1) is 13.8 Å². The minimum absolute atomic E-state index is 0.0988. The number of carbonyl (C=O) groups is 1. The molecule has 0 atom stereocenters. The van der Waals surface area contributed by atoms with Gasteiger partial charge in [-0.2, -0.15) is 8.78 Å². The van der Waals surface area contributed by atoms with Crippen LogP contribution in [0.15, 0.2) is 87.0 Å². The van der Waals surface area contributed by atoms with Gasteiger partial charge in [-0.3, -0.25) is 4.79 Å². The van der Waals surface area contributed by atoms with E-state index in [-0.39, 0.29) is 27.5 Å². The number of primary sulfonamides is 1. The number of rotatable bonds is 9. The van der Waals surface area contributed by atoms with Gasteiger partial charge in [0.2, 0.25) is 15.8 Å². The largest absolute Gasteiger partial charge is 0.458 e. The van der Waals surface area contributed by atoms with Crippen LogP contribution in [0.3, 0.4) is 0 Å². The Hall–Kier alpha value is -3.47. The molecular weight excluding hydrogens is 520 g/mol. The van der Waals surface area contributed by atoms with Crippen LogP contribution in [-0.2, 0) is 15.8 Å². The van der Waals surface area contributed by atoms with E-state index in [9.17, 15) is 22.0 Å². The molecule has 4 rings (SSSR count). The molecule has 2 N–H and O–H groups in total. The molecule has 0 aliphatic rings. The van der Waals surface area contributed by atoms with Crippen molar-refractivity contribution in [1.29, 1.82) is 0 Å². The van der Waals surface area contributed by atoms with Crippen LogP contribution in [0.5, 0.6) is 5.75 Å². The Morgan fingerprint density at radius 2 is 1.62 bits per heavy atom. The molecule has 0 saturated carbocycles. The van der Waals surface area contributed by atoms with E-state index < -0.39 is 22.4 Å². The van der Waals surface area contributed by atoms with Gasteiger partial charge >= 0.3 is 6.61 Å². The Kier molecular flexibility index (Phi) is 7.82. The predicted molar refractivity (Wildman–Crippen MR) is 138 cm³/mol. The maximum absolute atomic E-state index is 13.1. The fraction of sp³-hybridized carbons (Fsp3) is 0.148. The van der Waals surface area contributed by atoms with Crippen molar-refractivity contribution in [3.8, 4) is 16.9 Å². The van der Waals surface area contributed by atoms with Crippen molar-refractivity contribution in [2.75, 3.05) is 0 Å². The van der Waals surface area contributed by atoms with Gasteiger partial charge in [-0.25, -0.2) is 13.6 Å². The second-order valence-corrected chi connectivity index (χ2v) is 10.8. The Morgan fingerprint density at radius 1 is 1.00 bits per heavy atom. The quantitative estimate of drug-likeness (QED) is 0.195. The molecule has 0 radical (unpaired) electrons. The third-order valence-electron chi connectivity index (χ3n) is 5.74. The highest BCUT2D eigenvalue weighted by Gasteiger charge is 2.22. The summed E-state index contributed by atoms with van der Waals surface area (Å²) in [7, 11) is -3.96. The molecule has 0 aliphatic carbocycles. The standard InChI is InChI=1S/C27H23F2NO5S2/c1-16-23(4-3-5-25(16)37(30,32)33)26(31)24-14-20(17(2)34-24)15-36-22-12-8-19(9-13-22)18-6-10-21(11-7-18)35-27(28)29/h3-14,27H,15H2,1-2H3,(H2,30,32,33). The Labute approximate surface area is 217 Å². The van der Waals surface area contributed by atoms with Crippen LogP contribution in [0.25, 0.3) is 11.1 Å². The zero-order chi connectivity index (χ0) is 26.7. The van der Waals surface area contributed by atoms with Gasteiger partial charge < -0.3 is 9.15 Å². The third kappa shape index (κ3) is 6.27. The molecule has 4 aromatic rings. The van der Waals surface area contributed by atoms with Crippen LogP contribution in [0.2, 0.25) is 0 Å². The summed E-state index contributed by atoms with van der Waals surface area (Å²) in [5.74, 6) is 0.956. The highest BCUT2D eigenvalue weighted by molar-refractivity contribution is 7.98. The number of ether oxygens (including phenoxy) is 1. The average Bonchev–Trinajstić information content (AvgIpc) is 3.22. The number of aryl methyl sites for hydroxylation is 1. The van der Waals surface area contributed by atoms with E-state index >= 15 is 0 Å². The number of alkyl halides is 2. The second-order valence-electron chi connectivity index (χ2n) is 8.21. The lowest BCUT2D eigenvalue weighted by Gasteiger charge is -2.07. The SMILES string of the molecule is Cc1oc(C(=O)c2cccc(S(N)(=O)=O)c2C)cc1CSc1ccc(-c2ccc(OC(F)F)cc2)cc1. The number of furan rings is 1. The molecule has 0 fully saturated rings. The molecule has 1 aromatic heterocycles. The zero-order valence-electron chi connectivity index (χ0n) is 19.9. The number of nitrogens with two attached hydrogens (primary N) is 1. The van der Waals surface area contributed by atoms with Gasteiger partial charge in [-0.05, 0) is 66.9 Å². The molecule has 192 valence electrons. The van der Waals surface area contributed by atoms with Gasteiger partial charge in [-0.1, -0.05) is 36.4 Å². The molecule has 3 aromatic carbocycles. The topological polar surface area (TPSA) is 99.6 Å². The van der Waals surface area contributed by atoms with E-state index in [0.717, 1.165) is 21.6 Å². The molecule has 0 spiro atoms. The van der Waals surface area contributed by atoms with Gasteiger partial charge in [0.1, 0.15) is 11.5 Å².